The lowest BCUT2D eigenvalue weighted by Crippen LogP contribution is -2.47. The van der Waals surface area contributed by atoms with Gasteiger partial charge in [0.2, 0.25) is 0 Å². The summed E-state index contributed by atoms with van der Waals surface area (Å²) in [5, 5.41) is 14.8. The number of nitrogens with one attached hydrogen (secondary N) is 1. The Morgan fingerprint density at radius 3 is 2.96 bits per heavy atom. The molecule has 0 aliphatic heterocycles. The molecule has 1 aliphatic carbocycles. The Kier molecular flexibility index (Phi) is 4.39. The molecule has 0 saturated heterocycles. The lowest BCUT2D eigenvalue weighted by Gasteiger charge is -2.37. The summed E-state index contributed by atoms with van der Waals surface area (Å²) in [5.74, 6) is 5.73. The minimum Gasteiger partial charge on any atom is -0.388 e. The molecule has 3 aromatic rings. The van der Waals surface area contributed by atoms with Crippen molar-refractivity contribution in [1.29, 1.82) is 0 Å². The number of aliphatic hydroxyl groups is 1. The first-order chi connectivity index (χ1) is 12.8. The normalized spacial score (nSPS) is 22.9. The van der Waals surface area contributed by atoms with Crippen LogP contribution in [0, 0.1) is 5.82 Å². The number of nitrogens with zero attached hydrogens (tertiary/aromatic N) is 4. The summed E-state index contributed by atoms with van der Waals surface area (Å²) < 4.78 is 15.7. The van der Waals surface area contributed by atoms with Gasteiger partial charge in [0.1, 0.15) is 0 Å². The van der Waals surface area contributed by atoms with Gasteiger partial charge in [0.25, 0.3) is 0 Å². The van der Waals surface area contributed by atoms with E-state index in [1.54, 1.807) is 19.2 Å². The summed E-state index contributed by atoms with van der Waals surface area (Å²) in [4.78, 5) is 12.7. The van der Waals surface area contributed by atoms with Crippen molar-refractivity contribution in [3.05, 3.63) is 35.5 Å². The maximum Gasteiger partial charge on any atom is 0.183 e. The molecule has 7 nitrogen and oxygen atoms in total. The van der Waals surface area contributed by atoms with E-state index in [-0.39, 0.29) is 11.9 Å². The SMILES string of the molecule is C[C@]1(O)CCCC[C@@H]1Nc1nc(-c2cn(N)c3ncc(Cl)cc23)ncc1F. The highest BCUT2D eigenvalue weighted by Gasteiger charge is 2.35. The molecule has 0 aromatic carbocycles. The lowest BCUT2D eigenvalue weighted by molar-refractivity contribution is 0.0103. The third kappa shape index (κ3) is 3.30. The quantitative estimate of drug-likeness (QED) is 0.594. The van der Waals surface area contributed by atoms with Gasteiger partial charge in [-0.15, -0.1) is 0 Å². The lowest BCUT2D eigenvalue weighted by atomic mass is 9.82. The van der Waals surface area contributed by atoms with Crippen molar-refractivity contribution in [1.82, 2.24) is 19.6 Å². The van der Waals surface area contributed by atoms with Gasteiger partial charge in [-0.2, -0.15) is 0 Å². The minimum atomic E-state index is -0.916. The molecule has 0 bridgehead atoms. The smallest absolute Gasteiger partial charge is 0.183 e. The fourth-order valence-corrected chi connectivity index (χ4v) is 3.75. The third-order valence-corrected chi connectivity index (χ3v) is 5.32. The van der Waals surface area contributed by atoms with Crippen molar-refractivity contribution >= 4 is 28.5 Å². The Hall–Kier alpha value is -2.45. The molecule has 142 valence electrons. The number of anilines is 1. The molecule has 0 spiro atoms. The summed E-state index contributed by atoms with van der Waals surface area (Å²) in [7, 11) is 0. The van der Waals surface area contributed by atoms with Crippen molar-refractivity contribution < 1.29 is 9.50 Å². The molecule has 1 aliphatic rings. The Bertz CT molecular complexity index is 1000. The van der Waals surface area contributed by atoms with Crippen LogP contribution in [0.15, 0.2) is 24.7 Å². The van der Waals surface area contributed by atoms with Crippen LogP contribution in [0.25, 0.3) is 22.4 Å². The van der Waals surface area contributed by atoms with Crippen LogP contribution in [0.4, 0.5) is 10.2 Å². The number of aromatic nitrogens is 4. The van der Waals surface area contributed by atoms with Crippen molar-refractivity contribution in [2.75, 3.05) is 11.2 Å². The molecular formula is C18H20ClFN6O. The number of halogens is 2. The predicted molar refractivity (Wildman–Crippen MR) is 102 cm³/mol. The van der Waals surface area contributed by atoms with Crippen LogP contribution in [-0.2, 0) is 0 Å². The highest BCUT2D eigenvalue weighted by Crippen LogP contribution is 2.32. The van der Waals surface area contributed by atoms with E-state index in [1.165, 1.54) is 10.9 Å². The second-order valence-electron chi connectivity index (χ2n) is 7.16. The highest BCUT2D eigenvalue weighted by molar-refractivity contribution is 6.31. The first kappa shape index (κ1) is 17.9. The van der Waals surface area contributed by atoms with E-state index < -0.39 is 11.4 Å². The molecule has 0 amide bonds. The maximum absolute atomic E-state index is 14.3. The molecule has 0 radical (unpaired) electrons. The number of nitrogens with two attached hydrogens (primary N) is 1. The number of rotatable bonds is 3. The molecule has 27 heavy (non-hydrogen) atoms. The highest BCUT2D eigenvalue weighted by atomic mass is 35.5. The fourth-order valence-electron chi connectivity index (χ4n) is 3.59. The molecule has 2 atom stereocenters. The van der Waals surface area contributed by atoms with Gasteiger partial charge in [-0.1, -0.05) is 24.4 Å². The van der Waals surface area contributed by atoms with Gasteiger partial charge in [-0.05, 0) is 25.8 Å². The minimum absolute atomic E-state index is 0.0556. The van der Waals surface area contributed by atoms with Gasteiger partial charge in [0.05, 0.1) is 22.9 Å². The molecule has 3 heterocycles. The Balaban J connectivity index is 1.74. The molecule has 1 saturated carbocycles. The molecular weight excluding hydrogens is 371 g/mol. The van der Waals surface area contributed by atoms with Gasteiger partial charge in [0, 0.05) is 23.3 Å². The van der Waals surface area contributed by atoms with E-state index >= 15 is 0 Å². The van der Waals surface area contributed by atoms with Crippen LogP contribution >= 0.6 is 11.6 Å². The van der Waals surface area contributed by atoms with Crippen LogP contribution in [0.5, 0.6) is 0 Å². The first-order valence-corrected chi connectivity index (χ1v) is 9.16. The molecule has 0 unspecified atom stereocenters. The van der Waals surface area contributed by atoms with E-state index in [2.05, 4.69) is 20.3 Å². The predicted octanol–water partition coefficient (Wildman–Crippen LogP) is 3.11. The maximum atomic E-state index is 14.3. The Labute approximate surface area is 160 Å². The molecule has 4 rings (SSSR count). The standard InChI is InChI=1S/C18H20ClFN6O/c1-18(27)5-3-2-4-14(18)24-16-13(20)8-22-15(25-16)12-9-26(21)17-11(12)6-10(19)7-23-17/h6-9,14,27H,2-5,21H2,1H3,(H,22,24,25)/t14-,18-/m0/s1. The zero-order valence-corrected chi connectivity index (χ0v) is 15.5. The Morgan fingerprint density at radius 2 is 2.19 bits per heavy atom. The number of nitrogen functional groups attached to an aromatic ring is 1. The third-order valence-electron chi connectivity index (χ3n) is 5.11. The van der Waals surface area contributed by atoms with Crippen molar-refractivity contribution in [2.45, 2.75) is 44.2 Å². The van der Waals surface area contributed by atoms with Crippen LogP contribution in [0.1, 0.15) is 32.6 Å². The zero-order chi connectivity index (χ0) is 19.2. The van der Waals surface area contributed by atoms with Gasteiger partial charge < -0.3 is 16.3 Å². The average molecular weight is 391 g/mol. The van der Waals surface area contributed by atoms with Crippen molar-refractivity contribution in [3.63, 3.8) is 0 Å². The van der Waals surface area contributed by atoms with Crippen LogP contribution in [-0.4, -0.2) is 36.4 Å². The molecule has 9 heteroatoms. The molecule has 4 N–H and O–H groups in total. The van der Waals surface area contributed by atoms with E-state index in [9.17, 15) is 9.50 Å². The van der Waals surface area contributed by atoms with Crippen molar-refractivity contribution in [3.8, 4) is 11.4 Å². The van der Waals surface area contributed by atoms with Gasteiger partial charge in [-0.3, -0.25) is 4.68 Å². The van der Waals surface area contributed by atoms with E-state index in [0.717, 1.165) is 25.5 Å². The van der Waals surface area contributed by atoms with Gasteiger partial charge >= 0.3 is 0 Å². The number of hydrogen-bond donors (Lipinski definition) is 3. The average Bonchev–Trinajstić information content (AvgIpc) is 2.94. The van der Waals surface area contributed by atoms with Gasteiger partial charge in [-0.25, -0.2) is 19.3 Å². The topological polar surface area (TPSA) is 102 Å². The summed E-state index contributed by atoms with van der Waals surface area (Å²) in [6.07, 6.45) is 7.56. The van der Waals surface area contributed by atoms with E-state index in [4.69, 9.17) is 17.4 Å². The first-order valence-electron chi connectivity index (χ1n) is 8.78. The zero-order valence-electron chi connectivity index (χ0n) is 14.8. The van der Waals surface area contributed by atoms with Crippen LogP contribution in [0.3, 0.4) is 0 Å². The second kappa shape index (κ2) is 6.61. The second-order valence-corrected chi connectivity index (χ2v) is 7.60. The molecule has 3 aromatic heterocycles. The van der Waals surface area contributed by atoms with Crippen LogP contribution < -0.4 is 11.2 Å². The monoisotopic (exact) mass is 390 g/mol. The van der Waals surface area contributed by atoms with E-state index in [1.807, 2.05) is 0 Å². The number of pyridine rings is 1. The summed E-state index contributed by atoms with van der Waals surface area (Å²) in [5.41, 5.74) is 0.202. The summed E-state index contributed by atoms with van der Waals surface area (Å²) in [6, 6.07) is 1.43. The van der Waals surface area contributed by atoms with E-state index in [0.29, 0.717) is 33.9 Å². The van der Waals surface area contributed by atoms with Crippen LogP contribution in [0.2, 0.25) is 5.02 Å². The van der Waals surface area contributed by atoms with Crippen molar-refractivity contribution in [2.24, 2.45) is 0 Å². The Morgan fingerprint density at radius 1 is 1.37 bits per heavy atom. The largest absolute Gasteiger partial charge is 0.388 e. The summed E-state index contributed by atoms with van der Waals surface area (Å²) in [6.45, 7) is 1.76. The molecule has 1 fully saturated rings. The number of fused-ring (bicyclic) bond motifs is 1. The van der Waals surface area contributed by atoms with Gasteiger partial charge in [0.15, 0.2) is 23.1 Å². The summed E-state index contributed by atoms with van der Waals surface area (Å²) >= 11 is 6.05. The fraction of sp³-hybridized carbons (Fsp3) is 0.389. The number of hydrogen-bond acceptors (Lipinski definition) is 6.